The lowest BCUT2D eigenvalue weighted by molar-refractivity contribution is -0.344. The van der Waals surface area contributed by atoms with Gasteiger partial charge in [0.25, 0.3) is 0 Å². The number of carbonyl (C=O) groups excluding carboxylic acids is 1. The van der Waals surface area contributed by atoms with E-state index in [9.17, 15) is 23.4 Å². The summed E-state index contributed by atoms with van der Waals surface area (Å²) in [6.07, 6.45) is -0.914. The van der Waals surface area contributed by atoms with Crippen molar-refractivity contribution >= 4 is 21.4 Å². The molecule has 2 N–H and O–H groups in total. The van der Waals surface area contributed by atoms with Gasteiger partial charge in [0.05, 0.1) is 17.6 Å². The van der Waals surface area contributed by atoms with Gasteiger partial charge in [0.1, 0.15) is 11.7 Å². The quantitative estimate of drug-likeness (QED) is 0.565. The number of hydrogen-bond donors (Lipinski definition) is 2. The Morgan fingerprint density at radius 2 is 1.85 bits per heavy atom. The van der Waals surface area contributed by atoms with E-state index >= 15 is 0 Å². The molecule has 0 aromatic heterocycles. The summed E-state index contributed by atoms with van der Waals surface area (Å²) >= 11 is 0. The Hall–Kier alpha value is -2.60. The summed E-state index contributed by atoms with van der Waals surface area (Å²) in [6, 6.07) is 6.36. The highest BCUT2D eigenvalue weighted by molar-refractivity contribution is 7.90. The van der Waals surface area contributed by atoms with Gasteiger partial charge in [-0.15, -0.1) is 0 Å². The summed E-state index contributed by atoms with van der Waals surface area (Å²) in [5.74, 6) is -4.12. The summed E-state index contributed by atoms with van der Waals surface area (Å²) in [7, 11) is -3.38. The van der Waals surface area contributed by atoms with Gasteiger partial charge in [-0.3, -0.25) is 0 Å². The summed E-state index contributed by atoms with van der Waals surface area (Å²) in [5, 5.41) is 19.8. The van der Waals surface area contributed by atoms with E-state index in [1.165, 1.54) is 12.1 Å². The fourth-order valence-corrected chi connectivity index (χ4v) is 4.84. The molecule has 3 aliphatic rings. The first-order valence-electron chi connectivity index (χ1n) is 10.9. The number of carbonyl (C=O) groups is 1. The number of rotatable bonds is 6. The van der Waals surface area contributed by atoms with E-state index in [4.69, 9.17) is 23.7 Å². The molecule has 11 heteroatoms. The van der Waals surface area contributed by atoms with Crippen molar-refractivity contribution in [1.82, 2.24) is 0 Å². The summed E-state index contributed by atoms with van der Waals surface area (Å²) in [6.45, 7) is 7.27. The maximum atomic E-state index is 11.9. The van der Waals surface area contributed by atoms with E-state index in [-0.39, 0.29) is 23.4 Å². The van der Waals surface area contributed by atoms with E-state index in [1.54, 1.807) is 12.1 Å². The molecule has 0 bridgehead atoms. The van der Waals surface area contributed by atoms with Crippen molar-refractivity contribution in [3.63, 3.8) is 0 Å². The summed E-state index contributed by atoms with van der Waals surface area (Å²) in [4.78, 5) is 11.8. The van der Waals surface area contributed by atoms with Gasteiger partial charge in [-0.2, -0.15) is 0 Å². The van der Waals surface area contributed by atoms with Crippen LogP contribution in [0.3, 0.4) is 0 Å². The Morgan fingerprint density at radius 1 is 1.21 bits per heavy atom. The van der Waals surface area contributed by atoms with Crippen molar-refractivity contribution in [2.75, 3.05) is 12.9 Å². The van der Waals surface area contributed by atoms with E-state index in [1.807, 2.05) is 27.7 Å². The third-order valence-electron chi connectivity index (χ3n) is 6.01. The number of ether oxygens (including phenoxy) is 5. The zero-order valence-electron chi connectivity index (χ0n) is 19.5. The lowest BCUT2D eigenvalue weighted by Crippen LogP contribution is -2.41. The second-order valence-electron chi connectivity index (χ2n) is 8.94. The second-order valence-corrected chi connectivity index (χ2v) is 11.0. The molecule has 1 unspecified atom stereocenters. The van der Waals surface area contributed by atoms with E-state index in [2.05, 4.69) is 0 Å². The maximum absolute atomic E-state index is 11.9. The largest absolute Gasteiger partial charge is 0.505 e. The molecule has 10 nitrogen and oxygen atoms in total. The molecule has 186 valence electrons. The van der Waals surface area contributed by atoms with Gasteiger partial charge in [0.2, 0.25) is 5.76 Å². The molecule has 0 amide bonds. The smallest absolute Gasteiger partial charge is 0.377 e. The van der Waals surface area contributed by atoms with Gasteiger partial charge in [0.15, 0.2) is 27.5 Å². The maximum Gasteiger partial charge on any atom is 0.377 e. The van der Waals surface area contributed by atoms with Crippen LogP contribution in [0.25, 0.3) is 5.57 Å². The fourth-order valence-electron chi connectivity index (χ4n) is 4.21. The first kappa shape index (κ1) is 24.5. The van der Waals surface area contributed by atoms with Gasteiger partial charge in [-0.05, 0) is 44.9 Å². The minimum atomic E-state index is -3.38. The van der Waals surface area contributed by atoms with Crippen molar-refractivity contribution in [3.8, 4) is 0 Å². The monoisotopic (exact) mass is 496 g/mol. The molecule has 4 atom stereocenters. The first-order valence-corrected chi connectivity index (χ1v) is 12.8. The Labute approximate surface area is 197 Å². The molecule has 1 spiro atoms. The first-order chi connectivity index (χ1) is 15.8. The molecule has 1 saturated heterocycles. The highest BCUT2D eigenvalue weighted by Crippen LogP contribution is 2.53. The van der Waals surface area contributed by atoms with Crippen LogP contribution in [0.2, 0.25) is 0 Å². The number of sulfone groups is 1. The molecule has 4 rings (SSSR count). The van der Waals surface area contributed by atoms with Crippen molar-refractivity contribution in [2.45, 2.75) is 68.9 Å². The SMILES string of the molecule is CC[C@@]1(C)OC2(OC[C@@H]([C@H]3OC(=O)C(O)=C3O)O2)C(OC(C)C)=C1c1ccc(S(C)(=O)=O)cc1. The van der Waals surface area contributed by atoms with Gasteiger partial charge < -0.3 is 33.9 Å². The predicted molar refractivity (Wildman–Crippen MR) is 118 cm³/mol. The second kappa shape index (κ2) is 8.26. The third-order valence-corrected chi connectivity index (χ3v) is 7.14. The molecule has 0 aliphatic carbocycles. The number of hydrogen-bond acceptors (Lipinski definition) is 10. The molecule has 3 heterocycles. The van der Waals surface area contributed by atoms with Crippen LogP contribution in [0.1, 0.15) is 39.7 Å². The van der Waals surface area contributed by atoms with E-state index in [0.717, 1.165) is 6.26 Å². The van der Waals surface area contributed by atoms with E-state index in [0.29, 0.717) is 17.6 Å². The molecule has 0 radical (unpaired) electrons. The number of aliphatic hydroxyl groups is 2. The molecule has 1 aromatic carbocycles. The third kappa shape index (κ3) is 3.96. The van der Waals surface area contributed by atoms with Crippen LogP contribution < -0.4 is 0 Å². The fraction of sp³-hybridized carbons (Fsp3) is 0.522. The van der Waals surface area contributed by atoms with Crippen molar-refractivity contribution in [3.05, 3.63) is 47.1 Å². The van der Waals surface area contributed by atoms with Crippen molar-refractivity contribution in [1.29, 1.82) is 0 Å². The normalized spacial score (nSPS) is 31.8. The highest BCUT2D eigenvalue weighted by atomic mass is 32.2. The van der Waals surface area contributed by atoms with Crippen LogP contribution in [0, 0.1) is 0 Å². The number of esters is 1. The average Bonchev–Trinajstić information content (AvgIpc) is 3.37. The zero-order valence-corrected chi connectivity index (χ0v) is 20.3. The molecule has 1 aromatic rings. The Kier molecular flexibility index (Phi) is 5.96. The van der Waals surface area contributed by atoms with Crippen LogP contribution in [0.4, 0.5) is 0 Å². The summed E-state index contributed by atoms with van der Waals surface area (Å²) in [5.41, 5.74) is 0.334. The van der Waals surface area contributed by atoms with Crippen molar-refractivity contribution < 1.29 is 47.1 Å². The van der Waals surface area contributed by atoms with Crippen LogP contribution >= 0.6 is 0 Å². The predicted octanol–water partition coefficient (Wildman–Crippen LogP) is 2.75. The highest BCUT2D eigenvalue weighted by Gasteiger charge is 2.62. The lowest BCUT2D eigenvalue weighted by Gasteiger charge is -2.30. The Morgan fingerprint density at radius 3 is 2.35 bits per heavy atom. The minimum Gasteiger partial charge on any atom is -0.505 e. The van der Waals surface area contributed by atoms with Gasteiger partial charge >= 0.3 is 11.9 Å². The standard InChI is InChI=1S/C23H28O10S/c1-6-22(4)16(13-7-9-14(10-8-13)34(5,27)28)20(30-12(2)3)23(33-22)29-11-15(32-23)19-17(24)18(25)21(26)31-19/h7-10,12,15,19,24-25H,6,11H2,1-5H3/t15-,19+,22+,23?/m0/s1. The van der Waals surface area contributed by atoms with Gasteiger partial charge in [-0.25, -0.2) is 13.2 Å². The Balaban J connectivity index is 1.79. The molecular formula is C23H28O10S. The molecule has 34 heavy (non-hydrogen) atoms. The molecular weight excluding hydrogens is 468 g/mol. The van der Waals surface area contributed by atoms with Gasteiger partial charge in [-0.1, -0.05) is 19.1 Å². The zero-order chi connectivity index (χ0) is 25.1. The van der Waals surface area contributed by atoms with Crippen LogP contribution in [-0.4, -0.2) is 67.3 Å². The van der Waals surface area contributed by atoms with Crippen LogP contribution in [0.15, 0.2) is 46.4 Å². The van der Waals surface area contributed by atoms with Crippen LogP contribution in [-0.2, 0) is 38.3 Å². The lowest BCUT2D eigenvalue weighted by atomic mass is 9.88. The number of cyclic esters (lactones) is 1. The van der Waals surface area contributed by atoms with Crippen LogP contribution in [0.5, 0.6) is 0 Å². The summed E-state index contributed by atoms with van der Waals surface area (Å²) < 4.78 is 53.4. The topological polar surface area (TPSA) is 138 Å². The van der Waals surface area contributed by atoms with Gasteiger partial charge in [0, 0.05) is 11.8 Å². The average molecular weight is 497 g/mol. The number of aliphatic hydroxyl groups excluding tert-OH is 2. The minimum absolute atomic E-state index is 0.125. The molecule has 3 aliphatic heterocycles. The van der Waals surface area contributed by atoms with E-state index < -0.39 is 51.1 Å². The molecule has 0 saturated carbocycles. The van der Waals surface area contributed by atoms with Crippen molar-refractivity contribution in [2.24, 2.45) is 0 Å². The Bertz CT molecular complexity index is 1170. The number of benzene rings is 1. The molecule has 1 fully saturated rings.